The number of amides is 2. The summed E-state index contributed by atoms with van der Waals surface area (Å²) in [5.74, 6) is 0.664. The molecule has 0 aliphatic rings. The summed E-state index contributed by atoms with van der Waals surface area (Å²) < 4.78 is 5.11. The average Bonchev–Trinajstić information content (AvgIpc) is 3.11. The molecule has 1 heterocycles. The van der Waals surface area contributed by atoms with E-state index < -0.39 is 0 Å². The molecule has 27 heavy (non-hydrogen) atoms. The van der Waals surface area contributed by atoms with Crippen molar-refractivity contribution in [2.45, 2.75) is 18.2 Å². The second-order valence-corrected chi connectivity index (χ2v) is 7.82. The molecule has 0 fully saturated rings. The highest BCUT2D eigenvalue weighted by molar-refractivity contribution is 8.01. The number of aromatic nitrogens is 2. The number of nitrogens with one attached hydrogen (secondary N) is 2. The summed E-state index contributed by atoms with van der Waals surface area (Å²) in [5, 5.41) is 5.50. The predicted octanol–water partition coefficient (Wildman–Crippen LogP) is 4.20. The van der Waals surface area contributed by atoms with Crippen molar-refractivity contribution in [2.24, 2.45) is 0 Å². The van der Waals surface area contributed by atoms with E-state index in [9.17, 15) is 9.59 Å². The van der Waals surface area contributed by atoms with E-state index in [1.165, 1.54) is 35.8 Å². The fourth-order valence-corrected chi connectivity index (χ4v) is 3.67. The maximum absolute atomic E-state index is 12.1. The second kappa shape index (κ2) is 8.79. The molecule has 6 nitrogen and oxygen atoms in total. The van der Waals surface area contributed by atoms with Crippen molar-refractivity contribution >= 4 is 46.5 Å². The number of benzene rings is 2. The van der Waals surface area contributed by atoms with Gasteiger partial charge in [0.2, 0.25) is 11.8 Å². The quantitative estimate of drug-likeness (QED) is 0.608. The second-order valence-electron chi connectivity index (χ2n) is 5.85. The van der Waals surface area contributed by atoms with Gasteiger partial charge < -0.3 is 10.6 Å². The first kappa shape index (κ1) is 19.1. The zero-order valence-corrected chi connectivity index (χ0v) is 16.5. The summed E-state index contributed by atoms with van der Waals surface area (Å²) in [6.07, 6.45) is 0. The van der Waals surface area contributed by atoms with Crippen molar-refractivity contribution in [3.63, 3.8) is 0 Å². The number of hydrogen-bond acceptors (Lipinski definition) is 6. The first-order valence-electron chi connectivity index (χ1n) is 8.20. The van der Waals surface area contributed by atoms with Crippen LogP contribution in [0.15, 0.2) is 52.9 Å². The Bertz CT molecular complexity index is 937. The molecular weight excluding hydrogens is 380 g/mol. The smallest absolute Gasteiger partial charge is 0.234 e. The molecule has 0 radical (unpaired) electrons. The Hall–Kier alpha value is -2.71. The van der Waals surface area contributed by atoms with Gasteiger partial charge in [-0.3, -0.25) is 9.59 Å². The zero-order chi connectivity index (χ0) is 19.2. The molecule has 0 bridgehead atoms. The molecule has 2 amide bonds. The number of carbonyl (C=O) groups excluding carboxylic acids is 2. The van der Waals surface area contributed by atoms with Crippen LogP contribution in [-0.2, 0) is 9.59 Å². The summed E-state index contributed by atoms with van der Waals surface area (Å²) in [7, 11) is 0. The van der Waals surface area contributed by atoms with E-state index in [4.69, 9.17) is 0 Å². The van der Waals surface area contributed by atoms with Crippen LogP contribution in [0, 0.1) is 6.92 Å². The van der Waals surface area contributed by atoms with E-state index in [0.29, 0.717) is 17.2 Å². The highest BCUT2D eigenvalue weighted by Crippen LogP contribution is 2.25. The van der Waals surface area contributed by atoms with Crippen LogP contribution >= 0.6 is 23.3 Å². The molecule has 0 aliphatic carbocycles. The van der Waals surface area contributed by atoms with Gasteiger partial charge in [0.25, 0.3) is 0 Å². The van der Waals surface area contributed by atoms with Crippen LogP contribution in [0.1, 0.15) is 12.5 Å². The van der Waals surface area contributed by atoms with Crippen LogP contribution < -0.4 is 10.6 Å². The number of aryl methyl sites for hydroxylation is 1. The van der Waals surface area contributed by atoms with E-state index in [1.807, 2.05) is 31.2 Å². The molecule has 0 saturated carbocycles. The van der Waals surface area contributed by atoms with Crippen molar-refractivity contribution in [3.05, 3.63) is 54.1 Å². The van der Waals surface area contributed by atoms with Gasteiger partial charge in [0.1, 0.15) is 0 Å². The van der Waals surface area contributed by atoms with Crippen molar-refractivity contribution in [2.75, 3.05) is 16.4 Å². The van der Waals surface area contributed by atoms with Gasteiger partial charge in [0, 0.05) is 23.9 Å². The predicted molar refractivity (Wildman–Crippen MR) is 110 cm³/mol. The molecule has 3 aromatic rings. The van der Waals surface area contributed by atoms with Crippen LogP contribution in [0.4, 0.5) is 11.4 Å². The first-order chi connectivity index (χ1) is 13.0. The van der Waals surface area contributed by atoms with Crippen molar-refractivity contribution in [1.82, 2.24) is 9.36 Å². The SMILES string of the molecule is CC(=O)Nc1ccc(NC(=O)CSc2nc(-c3ccc(C)cc3)ns2)cc1. The van der Waals surface area contributed by atoms with E-state index >= 15 is 0 Å². The highest BCUT2D eigenvalue weighted by Gasteiger charge is 2.10. The van der Waals surface area contributed by atoms with Gasteiger partial charge >= 0.3 is 0 Å². The molecule has 2 N–H and O–H groups in total. The third kappa shape index (κ3) is 5.63. The van der Waals surface area contributed by atoms with Crippen LogP contribution in [0.2, 0.25) is 0 Å². The van der Waals surface area contributed by atoms with E-state index in [0.717, 1.165) is 9.90 Å². The van der Waals surface area contributed by atoms with E-state index in [2.05, 4.69) is 20.0 Å². The molecule has 138 valence electrons. The van der Waals surface area contributed by atoms with Crippen molar-refractivity contribution < 1.29 is 9.59 Å². The summed E-state index contributed by atoms with van der Waals surface area (Å²) in [6.45, 7) is 3.48. The summed E-state index contributed by atoms with van der Waals surface area (Å²) >= 11 is 2.64. The fraction of sp³-hybridized carbons (Fsp3) is 0.158. The molecule has 0 saturated heterocycles. The van der Waals surface area contributed by atoms with Crippen LogP contribution in [0.5, 0.6) is 0 Å². The Labute approximate surface area is 165 Å². The standard InChI is InChI=1S/C19H18N4O2S2/c1-12-3-5-14(6-4-12)18-22-19(27-23-18)26-11-17(25)21-16-9-7-15(8-10-16)20-13(2)24/h3-10H,11H2,1-2H3,(H,20,24)(H,21,25). The van der Waals surface area contributed by atoms with Gasteiger partial charge in [0.05, 0.1) is 5.75 Å². The highest BCUT2D eigenvalue weighted by atomic mass is 32.2. The lowest BCUT2D eigenvalue weighted by Crippen LogP contribution is -2.14. The monoisotopic (exact) mass is 398 g/mol. The van der Waals surface area contributed by atoms with Crippen molar-refractivity contribution in [3.8, 4) is 11.4 Å². The minimum Gasteiger partial charge on any atom is -0.326 e. The molecule has 3 rings (SSSR count). The van der Waals surface area contributed by atoms with Gasteiger partial charge in [-0.2, -0.15) is 4.37 Å². The summed E-state index contributed by atoms with van der Waals surface area (Å²) in [5.41, 5.74) is 3.51. The minimum atomic E-state index is -0.134. The lowest BCUT2D eigenvalue weighted by molar-refractivity contribution is -0.114. The number of hydrogen-bond donors (Lipinski definition) is 2. The Kier molecular flexibility index (Phi) is 6.20. The zero-order valence-electron chi connectivity index (χ0n) is 14.9. The number of thioether (sulfide) groups is 1. The van der Waals surface area contributed by atoms with E-state index in [-0.39, 0.29) is 17.6 Å². The van der Waals surface area contributed by atoms with Gasteiger partial charge in [0.15, 0.2) is 10.2 Å². The lowest BCUT2D eigenvalue weighted by atomic mass is 10.1. The van der Waals surface area contributed by atoms with Gasteiger partial charge in [-0.25, -0.2) is 4.98 Å². The molecule has 2 aromatic carbocycles. The Morgan fingerprint density at radius 2 is 1.63 bits per heavy atom. The van der Waals surface area contributed by atoms with Gasteiger partial charge in [-0.1, -0.05) is 41.6 Å². The van der Waals surface area contributed by atoms with Crippen LogP contribution in [0.25, 0.3) is 11.4 Å². The Balaban J connectivity index is 1.52. The summed E-state index contributed by atoms with van der Waals surface area (Å²) in [6, 6.07) is 15.0. The third-order valence-electron chi connectivity index (χ3n) is 3.53. The maximum Gasteiger partial charge on any atom is 0.234 e. The number of nitrogens with zero attached hydrogens (tertiary/aromatic N) is 2. The number of carbonyl (C=O) groups is 2. The molecule has 8 heteroatoms. The van der Waals surface area contributed by atoms with Gasteiger partial charge in [-0.15, -0.1) is 0 Å². The fourth-order valence-electron chi connectivity index (χ4n) is 2.25. The number of anilines is 2. The minimum absolute atomic E-state index is 0.126. The Morgan fingerprint density at radius 3 is 2.26 bits per heavy atom. The van der Waals surface area contributed by atoms with Gasteiger partial charge in [-0.05, 0) is 42.7 Å². The third-order valence-corrected chi connectivity index (χ3v) is 5.37. The molecule has 0 atom stereocenters. The van der Waals surface area contributed by atoms with Crippen LogP contribution in [-0.4, -0.2) is 26.9 Å². The summed E-state index contributed by atoms with van der Waals surface area (Å²) in [4.78, 5) is 27.6. The lowest BCUT2D eigenvalue weighted by Gasteiger charge is -2.06. The maximum atomic E-state index is 12.1. The molecule has 1 aromatic heterocycles. The molecular formula is C19H18N4O2S2. The molecule has 0 spiro atoms. The number of rotatable bonds is 6. The van der Waals surface area contributed by atoms with E-state index in [1.54, 1.807) is 24.3 Å². The molecule has 0 aliphatic heterocycles. The largest absolute Gasteiger partial charge is 0.326 e. The normalized spacial score (nSPS) is 10.4. The van der Waals surface area contributed by atoms with Crippen LogP contribution in [0.3, 0.4) is 0 Å². The Morgan fingerprint density at radius 1 is 1.00 bits per heavy atom. The first-order valence-corrected chi connectivity index (χ1v) is 9.96. The average molecular weight is 399 g/mol. The molecule has 0 unspecified atom stereocenters. The van der Waals surface area contributed by atoms with Crippen molar-refractivity contribution in [1.29, 1.82) is 0 Å². The topological polar surface area (TPSA) is 84.0 Å².